The van der Waals surface area contributed by atoms with E-state index in [0.717, 1.165) is 38.8 Å². The Hall–Kier alpha value is -1.26. The molecule has 21 heavy (non-hydrogen) atoms. The molecule has 0 radical (unpaired) electrons. The van der Waals surface area contributed by atoms with E-state index >= 15 is 0 Å². The van der Waals surface area contributed by atoms with Gasteiger partial charge in [-0.15, -0.1) is 0 Å². The largest absolute Gasteiger partial charge is 0.481 e. The van der Waals surface area contributed by atoms with Crippen molar-refractivity contribution in [3.05, 3.63) is 0 Å². The topological polar surface area (TPSA) is 69.6 Å². The number of urea groups is 1. The number of nitrogens with zero attached hydrogens (tertiary/aromatic N) is 1. The fourth-order valence-corrected chi connectivity index (χ4v) is 2.99. The minimum absolute atomic E-state index is 0.127. The van der Waals surface area contributed by atoms with Gasteiger partial charge in [0.15, 0.2) is 0 Å². The SMILES string of the molecule is CCCN(CCC)C(=O)NCC1(C(=O)O)CCC(C)CC1. The van der Waals surface area contributed by atoms with Crippen LogP contribution in [-0.4, -0.2) is 41.6 Å². The molecule has 0 aliphatic heterocycles. The van der Waals surface area contributed by atoms with Gasteiger partial charge in [-0.2, -0.15) is 0 Å². The average molecular weight is 298 g/mol. The van der Waals surface area contributed by atoms with Crippen LogP contribution < -0.4 is 5.32 Å². The Morgan fingerprint density at radius 1 is 1.19 bits per heavy atom. The molecular formula is C16H30N2O3. The standard InChI is InChI=1S/C16H30N2O3/c1-4-10-18(11-5-2)15(21)17-12-16(14(19)20)8-6-13(3)7-9-16/h13H,4-12H2,1-3H3,(H,17,21)(H,19,20). The van der Waals surface area contributed by atoms with Crippen LogP contribution in [0.1, 0.15) is 59.3 Å². The van der Waals surface area contributed by atoms with Gasteiger partial charge in [0.05, 0.1) is 5.41 Å². The van der Waals surface area contributed by atoms with Crippen LogP contribution in [0, 0.1) is 11.3 Å². The van der Waals surface area contributed by atoms with E-state index in [2.05, 4.69) is 12.2 Å². The van der Waals surface area contributed by atoms with Crippen molar-refractivity contribution in [3.63, 3.8) is 0 Å². The van der Waals surface area contributed by atoms with Crippen molar-refractivity contribution in [2.24, 2.45) is 11.3 Å². The Morgan fingerprint density at radius 3 is 2.14 bits per heavy atom. The predicted molar refractivity (Wildman–Crippen MR) is 83.3 cm³/mol. The van der Waals surface area contributed by atoms with Gasteiger partial charge in [0.25, 0.3) is 0 Å². The number of carbonyl (C=O) groups is 2. The first-order valence-corrected chi connectivity index (χ1v) is 8.21. The van der Waals surface area contributed by atoms with E-state index in [1.807, 2.05) is 13.8 Å². The highest BCUT2D eigenvalue weighted by Gasteiger charge is 2.41. The third-order valence-corrected chi connectivity index (χ3v) is 4.54. The number of rotatable bonds is 7. The van der Waals surface area contributed by atoms with Crippen molar-refractivity contribution in [1.29, 1.82) is 0 Å². The first-order chi connectivity index (χ1) is 9.95. The molecule has 0 heterocycles. The lowest BCUT2D eigenvalue weighted by Gasteiger charge is -2.36. The summed E-state index contributed by atoms with van der Waals surface area (Å²) in [6, 6.07) is -0.127. The van der Waals surface area contributed by atoms with Gasteiger partial charge in [0.2, 0.25) is 0 Å². The van der Waals surface area contributed by atoms with Crippen LogP contribution in [0.25, 0.3) is 0 Å². The maximum Gasteiger partial charge on any atom is 0.317 e. The van der Waals surface area contributed by atoms with E-state index in [1.54, 1.807) is 4.90 Å². The van der Waals surface area contributed by atoms with Crippen LogP contribution in [0.15, 0.2) is 0 Å². The molecule has 0 aromatic heterocycles. The summed E-state index contributed by atoms with van der Waals surface area (Å²) in [5, 5.41) is 12.4. The summed E-state index contributed by atoms with van der Waals surface area (Å²) in [5.41, 5.74) is -0.772. The maximum atomic E-state index is 12.2. The highest BCUT2D eigenvalue weighted by atomic mass is 16.4. The van der Waals surface area contributed by atoms with Gasteiger partial charge in [-0.1, -0.05) is 20.8 Å². The first kappa shape index (κ1) is 17.8. The van der Waals surface area contributed by atoms with E-state index < -0.39 is 11.4 Å². The van der Waals surface area contributed by atoms with Gasteiger partial charge in [-0.25, -0.2) is 4.79 Å². The molecule has 0 spiro atoms. The van der Waals surface area contributed by atoms with Crippen molar-refractivity contribution in [2.75, 3.05) is 19.6 Å². The van der Waals surface area contributed by atoms with Crippen LogP contribution >= 0.6 is 0 Å². The van der Waals surface area contributed by atoms with Gasteiger partial charge >= 0.3 is 12.0 Å². The van der Waals surface area contributed by atoms with Crippen LogP contribution in [0.3, 0.4) is 0 Å². The molecule has 2 N–H and O–H groups in total. The summed E-state index contributed by atoms with van der Waals surface area (Å²) in [7, 11) is 0. The van der Waals surface area contributed by atoms with Crippen molar-refractivity contribution in [3.8, 4) is 0 Å². The summed E-state index contributed by atoms with van der Waals surface area (Å²) in [5.74, 6) is -0.183. The molecule has 0 aromatic rings. The third kappa shape index (κ3) is 4.90. The summed E-state index contributed by atoms with van der Waals surface area (Å²) in [6.07, 6.45) is 4.99. The predicted octanol–water partition coefficient (Wildman–Crippen LogP) is 3.10. The van der Waals surface area contributed by atoms with Crippen LogP contribution in [-0.2, 0) is 4.79 Å². The van der Waals surface area contributed by atoms with E-state index in [4.69, 9.17) is 0 Å². The van der Waals surface area contributed by atoms with Gasteiger partial charge < -0.3 is 15.3 Å². The fraction of sp³-hybridized carbons (Fsp3) is 0.875. The van der Waals surface area contributed by atoms with Crippen molar-refractivity contribution in [1.82, 2.24) is 10.2 Å². The molecule has 122 valence electrons. The monoisotopic (exact) mass is 298 g/mol. The van der Waals surface area contributed by atoms with Crippen LogP contribution in [0.4, 0.5) is 4.79 Å². The molecule has 0 unspecified atom stereocenters. The molecule has 5 heteroatoms. The molecule has 1 aliphatic carbocycles. The summed E-state index contributed by atoms with van der Waals surface area (Å²) >= 11 is 0. The number of nitrogens with one attached hydrogen (secondary N) is 1. The lowest BCUT2D eigenvalue weighted by molar-refractivity contribution is -0.151. The Bertz CT molecular complexity index is 343. The lowest BCUT2D eigenvalue weighted by Crippen LogP contribution is -2.49. The Kier molecular flexibility index (Phi) is 6.99. The third-order valence-electron chi connectivity index (χ3n) is 4.54. The van der Waals surface area contributed by atoms with Crippen molar-refractivity contribution in [2.45, 2.75) is 59.3 Å². The van der Waals surface area contributed by atoms with E-state index in [9.17, 15) is 14.7 Å². The van der Waals surface area contributed by atoms with Crippen molar-refractivity contribution < 1.29 is 14.7 Å². The number of hydrogen-bond acceptors (Lipinski definition) is 2. The number of carboxylic acid groups (broad SMARTS) is 1. The number of hydrogen-bond donors (Lipinski definition) is 2. The van der Waals surface area contributed by atoms with Gasteiger partial charge in [0, 0.05) is 19.6 Å². The van der Waals surface area contributed by atoms with Gasteiger partial charge in [-0.05, 0) is 44.4 Å². The zero-order chi connectivity index (χ0) is 15.9. The second-order valence-corrected chi connectivity index (χ2v) is 6.41. The molecular weight excluding hydrogens is 268 g/mol. The van der Waals surface area contributed by atoms with E-state index in [-0.39, 0.29) is 12.6 Å². The Balaban J connectivity index is 2.60. The second-order valence-electron chi connectivity index (χ2n) is 6.41. The first-order valence-electron chi connectivity index (χ1n) is 8.21. The highest BCUT2D eigenvalue weighted by molar-refractivity contribution is 5.78. The molecule has 1 saturated carbocycles. The lowest BCUT2D eigenvalue weighted by atomic mass is 9.71. The Morgan fingerprint density at radius 2 is 1.71 bits per heavy atom. The molecule has 0 saturated heterocycles. The molecule has 1 aliphatic rings. The summed E-state index contributed by atoms with van der Waals surface area (Å²) in [6.45, 7) is 7.92. The van der Waals surface area contributed by atoms with Crippen molar-refractivity contribution >= 4 is 12.0 Å². The minimum Gasteiger partial charge on any atom is -0.481 e. The quantitative estimate of drug-likeness (QED) is 0.758. The fourth-order valence-electron chi connectivity index (χ4n) is 2.99. The van der Waals surface area contributed by atoms with Gasteiger partial charge in [-0.3, -0.25) is 4.79 Å². The molecule has 0 aromatic carbocycles. The minimum atomic E-state index is -0.772. The van der Waals surface area contributed by atoms with E-state index in [1.165, 1.54) is 0 Å². The number of carboxylic acids is 1. The normalized spacial score (nSPS) is 25.4. The number of carbonyl (C=O) groups excluding carboxylic acids is 1. The molecule has 2 amide bonds. The molecule has 0 bridgehead atoms. The summed E-state index contributed by atoms with van der Waals surface area (Å²) < 4.78 is 0. The maximum absolute atomic E-state index is 12.2. The second kappa shape index (κ2) is 8.25. The molecule has 5 nitrogen and oxygen atoms in total. The van der Waals surface area contributed by atoms with E-state index in [0.29, 0.717) is 18.8 Å². The highest BCUT2D eigenvalue weighted by Crippen LogP contribution is 2.38. The zero-order valence-electron chi connectivity index (χ0n) is 13.7. The van der Waals surface area contributed by atoms with Gasteiger partial charge in [0.1, 0.15) is 0 Å². The Labute approximate surface area is 128 Å². The molecule has 0 atom stereocenters. The van der Waals surface area contributed by atoms with Crippen LogP contribution in [0.2, 0.25) is 0 Å². The molecule has 1 rings (SSSR count). The average Bonchev–Trinajstić information content (AvgIpc) is 2.46. The molecule has 1 fully saturated rings. The zero-order valence-corrected chi connectivity index (χ0v) is 13.7. The van der Waals surface area contributed by atoms with Crippen LogP contribution in [0.5, 0.6) is 0 Å². The summed E-state index contributed by atoms with van der Waals surface area (Å²) in [4.78, 5) is 25.6. The number of aliphatic carboxylic acids is 1. The smallest absolute Gasteiger partial charge is 0.317 e. The number of amides is 2.